The van der Waals surface area contributed by atoms with Crippen LogP contribution in [0.3, 0.4) is 0 Å². The molecule has 0 amide bonds. The van der Waals surface area contributed by atoms with Crippen LogP contribution in [0.5, 0.6) is 0 Å². The van der Waals surface area contributed by atoms with E-state index >= 15 is 0 Å². The lowest BCUT2D eigenvalue weighted by molar-refractivity contribution is 0.236. The van der Waals surface area contributed by atoms with E-state index in [4.69, 9.17) is 0 Å². The third-order valence-electron chi connectivity index (χ3n) is 5.01. The number of hydrogen-bond donors (Lipinski definition) is 1. The Hall–Kier alpha value is -0.860. The maximum atomic E-state index is 3.83. The first-order chi connectivity index (χ1) is 9.62. The highest BCUT2D eigenvalue weighted by Crippen LogP contribution is 2.44. The fraction of sp³-hybridized carbons (Fsp3) is 0.667. The summed E-state index contributed by atoms with van der Waals surface area (Å²) in [5, 5.41) is 3.83. The van der Waals surface area contributed by atoms with Crippen molar-refractivity contribution in [2.45, 2.75) is 52.1 Å². The molecule has 0 bridgehead atoms. The lowest BCUT2D eigenvalue weighted by Crippen LogP contribution is -2.38. The first kappa shape index (κ1) is 14.1. The molecule has 1 aromatic rings. The molecule has 0 spiro atoms. The number of hydrogen-bond acceptors (Lipinski definition) is 2. The van der Waals surface area contributed by atoms with Gasteiger partial charge in [-0.1, -0.05) is 45.0 Å². The van der Waals surface area contributed by atoms with Crippen LogP contribution in [0, 0.1) is 5.41 Å². The zero-order valence-electron chi connectivity index (χ0n) is 13.2. The van der Waals surface area contributed by atoms with Crippen molar-refractivity contribution in [3.8, 4) is 0 Å². The molecule has 0 aromatic heterocycles. The van der Waals surface area contributed by atoms with Gasteiger partial charge in [0.25, 0.3) is 0 Å². The number of nitrogens with zero attached hydrogens (tertiary/aromatic N) is 1. The number of rotatable bonds is 6. The minimum Gasteiger partial charge on any atom is -0.308 e. The van der Waals surface area contributed by atoms with E-state index in [0.29, 0.717) is 11.5 Å². The van der Waals surface area contributed by atoms with E-state index < -0.39 is 0 Å². The van der Waals surface area contributed by atoms with Crippen LogP contribution in [-0.4, -0.2) is 30.6 Å². The molecule has 3 rings (SSSR count). The third-order valence-corrected chi connectivity index (χ3v) is 5.01. The summed E-state index contributed by atoms with van der Waals surface area (Å²) in [5.41, 5.74) is 3.39. The molecule has 2 aliphatic rings. The summed E-state index contributed by atoms with van der Waals surface area (Å²) in [6.45, 7) is 10.6. The number of fused-ring (bicyclic) bond motifs is 1. The van der Waals surface area contributed by atoms with E-state index in [0.717, 1.165) is 12.6 Å². The Bertz CT molecular complexity index is 462. The number of benzene rings is 1. The summed E-state index contributed by atoms with van der Waals surface area (Å²) in [4.78, 5) is 2.63. The van der Waals surface area contributed by atoms with E-state index in [1.165, 1.54) is 43.5 Å². The average molecular weight is 272 g/mol. The molecule has 2 heteroatoms. The van der Waals surface area contributed by atoms with Gasteiger partial charge in [0, 0.05) is 25.2 Å². The summed E-state index contributed by atoms with van der Waals surface area (Å²) in [6.07, 6.45) is 4.01. The normalized spacial score (nSPS) is 24.1. The second-order valence-electron chi connectivity index (χ2n) is 7.11. The molecule has 1 atom stereocenters. The second kappa shape index (κ2) is 5.50. The SMILES string of the molecule is CCN(CCNC1c2ccccc2CC1(C)C)C1CC1. The van der Waals surface area contributed by atoms with Crippen molar-refractivity contribution in [3.05, 3.63) is 35.4 Å². The molecule has 0 saturated heterocycles. The molecule has 0 aliphatic heterocycles. The van der Waals surface area contributed by atoms with Gasteiger partial charge in [-0.3, -0.25) is 4.90 Å². The number of likely N-dealkylation sites (N-methyl/N-ethyl adjacent to an activating group) is 1. The van der Waals surface area contributed by atoms with Crippen molar-refractivity contribution < 1.29 is 0 Å². The Morgan fingerprint density at radius 3 is 2.70 bits per heavy atom. The van der Waals surface area contributed by atoms with Gasteiger partial charge in [-0.15, -0.1) is 0 Å². The lowest BCUT2D eigenvalue weighted by atomic mass is 9.85. The third kappa shape index (κ3) is 2.77. The van der Waals surface area contributed by atoms with Gasteiger partial charge in [0.1, 0.15) is 0 Å². The van der Waals surface area contributed by atoms with Gasteiger partial charge < -0.3 is 5.32 Å². The molecule has 110 valence electrons. The lowest BCUT2D eigenvalue weighted by Gasteiger charge is -2.30. The van der Waals surface area contributed by atoms with Crippen molar-refractivity contribution in [1.29, 1.82) is 0 Å². The summed E-state index contributed by atoms with van der Waals surface area (Å²) in [6, 6.07) is 10.3. The highest BCUT2D eigenvalue weighted by atomic mass is 15.2. The van der Waals surface area contributed by atoms with E-state index in [1.807, 2.05) is 0 Å². The second-order valence-corrected chi connectivity index (χ2v) is 7.11. The fourth-order valence-electron chi connectivity index (χ4n) is 3.77. The van der Waals surface area contributed by atoms with Crippen LogP contribution >= 0.6 is 0 Å². The quantitative estimate of drug-likeness (QED) is 0.854. The predicted molar refractivity (Wildman–Crippen MR) is 84.9 cm³/mol. The van der Waals surface area contributed by atoms with E-state index in [-0.39, 0.29) is 0 Å². The fourth-order valence-corrected chi connectivity index (χ4v) is 3.77. The summed E-state index contributed by atoms with van der Waals surface area (Å²) in [7, 11) is 0. The van der Waals surface area contributed by atoms with E-state index in [9.17, 15) is 0 Å². The molecule has 1 aromatic carbocycles. The smallest absolute Gasteiger partial charge is 0.0378 e. The summed E-state index contributed by atoms with van der Waals surface area (Å²) in [5.74, 6) is 0. The van der Waals surface area contributed by atoms with Gasteiger partial charge >= 0.3 is 0 Å². The Morgan fingerprint density at radius 2 is 2.00 bits per heavy atom. The minimum atomic E-state index is 0.334. The monoisotopic (exact) mass is 272 g/mol. The molecule has 2 nitrogen and oxygen atoms in total. The molecule has 1 saturated carbocycles. The Morgan fingerprint density at radius 1 is 1.25 bits per heavy atom. The Labute approximate surface area is 123 Å². The van der Waals surface area contributed by atoms with Crippen LogP contribution in [0.2, 0.25) is 0 Å². The molecular formula is C18H28N2. The molecule has 1 fully saturated rings. The van der Waals surface area contributed by atoms with E-state index in [1.54, 1.807) is 0 Å². The summed E-state index contributed by atoms with van der Waals surface area (Å²) < 4.78 is 0. The molecule has 20 heavy (non-hydrogen) atoms. The number of nitrogens with one attached hydrogen (secondary N) is 1. The first-order valence-electron chi connectivity index (χ1n) is 8.17. The minimum absolute atomic E-state index is 0.334. The van der Waals surface area contributed by atoms with Crippen LogP contribution in [-0.2, 0) is 6.42 Å². The molecule has 0 heterocycles. The Balaban J connectivity index is 1.61. The van der Waals surface area contributed by atoms with Gasteiger partial charge in [-0.2, -0.15) is 0 Å². The molecule has 2 aliphatic carbocycles. The van der Waals surface area contributed by atoms with Gasteiger partial charge in [0.05, 0.1) is 0 Å². The standard InChI is InChI=1S/C18H28N2/c1-4-20(15-9-10-15)12-11-19-17-16-8-6-5-7-14(16)13-18(17,2)3/h5-8,15,17,19H,4,9-13H2,1-3H3. The Kier molecular flexibility index (Phi) is 3.87. The van der Waals surface area contributed by atoms with Crippen LogP contribution in [0.1, 0.15) is 50.8 Å². The summed E-state index contributed by atoms with van der Waals surface area (Å²) >= 11 is 0. The van der Waals surface area contributed by atoms with Crippen molar-refractivity contribution in [2.24, 2.45) is 5.41 Å². The molecule has 0 radical (unpaired) electrons. The molecule has 1 N–H and O–H groups in total. The highest BCUT2D eigenvalue weighted by Gasteiger charge is 2.38. The highest BCUT2D eigenvalue weighted by molar-refractivity contribution is 5.37. The zero-order valence-corrected chi connectivity index (χ0v) is 13.2. The maximum Gasteiger partial charge on any atom is 0.0378 e. The molecule has 1 unspecified atom stereocenters. The predicted octanol–water partition coefficient (Wildman–Crippen LogP) is 3.38. The first-order valence-corrected chi connectivity index (χ1v) is 8.17. The van der Waals surface area contributed by atoms with Gasteiger partial charge in [-0.05, 0) is 42.3 Å². The van der Waals surface area contributed by atoms with Crippen LogP contribution < -0.4 is 5.32 Å². The van der Waals surface area contributed by atoms with Crippen LogP contribution in [0.4, 0.5) is 0 Å². The van der Waals surface area contributed by atoms with Gasteiger partial charge in [-0.25, -0.2) is 0 Å². The van der Waals surface area contributed by atoms with E-state index in [2.05, 4.69) is 55.3 Å². The van der Waals surface area contributed by atoms with Crippen molar-refractivity contribution in [1.82, 2.24) is 10.2 Å². The van der Waals surface area contributed by atoms with Crippen molar-refractivity contribution in [3.63, 3.8) is 0 Å². The zero-order chi connectivity index (χ0) is 14.2. The maximum absolute atomic E-state index is 3.83. The van der Waals surface area contributed by atoms with Gasteiger partial charge in [0.15, 0.2) is 0 Å². The van der Waals surface area contributed by atoms with Crippen LogP contribution in [0.25, 0.3) is 0 Å². The van der Waals surface area contributed by atoms with Gasteiger partial charge in [0.2, 0.25) is 0 Å². The average Bonchev–Trinajstić information content (AvgIpc) is 3.20. The van der Waals surface area contributed by atoms with Crippen molar-refractivity contribution >= 4 is 0 Å². The molecular weight excluding hydrogens is 244 g/mol. The van der Waals surface area contributed by atoms with Crippen LogP contribution in [0.15, 0.2) is 24.3 Å². The van der Waals surface area contributed by atoms with Crippen molar-refractivity contribution in [2.75, 3.05) is 19.6 Å². The topological polar surface area (TPSA) is 15.3 Å². The largest absolute Gasteiger partial charge is 0.308 e.